The lowest BCUT2D eigenvalue weighted by atomic mass is 10.3. The number of rotatable bonds is 1. The number of carbonyl (C=O) groups is 2. The molecule has 1 atom stereocenters. The van der Waals surface area contributed by atoms with E-state index in [1.54, 1.807) is 12.2 Å². The van der Waals surface area contributed by atoms with Gasteiger partial charge in [0, 0.05) is 6.54 Å². The standard InChI is InChI=1S/C8H11NO4/c1-12-7(10)6-4-3-5-9(6)8(11)13-2/h3-4,6H,5H2,1-2H3/t6-/m0/s1. The van der Waals surface area contributed by atoms with E-state index in [0.29, 0.717) is 6.54 Å². The Morgan fingerprint density at radius 1 is 1.38 bits per heavy atom. The number of hydrogen-bond acceptors (Lipinski definition) is 4. The average Bonchev–Trinajstić information content (AvgIpc) is 2.63. The summed E-state index contributed by atoms with van der Waals surface area (Å²) in [5.41, 5.74) is 0. The Morgan fingerprint density at radius 2 is 2.08 bits per heavy atom. The summed E-state index contributed by atoms with van der Waals surface area (Å²) >= 11 is 0. The van der Waals surface area contributed by atoms with Crippen LogP contribution >= 0.6 is 0 Å². The highest BCUT2D eigenvalue weighted by atomic mass is 16.5. The van der Waals surface area contributed by atoms with E-state index in [2.05, 4.69) is 9.47 Å². The van der Waals surface area contributed by atoms with Crippen LogP contribution in [0.1, 0.15) is 0 Å². The lowest BCUT2D eigenvalue weighted by molar-refractivity contribution is -0.144. The molecule has 0 aromatic heterocycles. The van der Waals surface area contributed by atoms with Crippen molar-refractivity contribution in [3.8, 4) is 0 Å². The summed E-state index contributed by atoms with van der Waals surface area (Å²) in [5, 5.41) is 0. The summed E-state index contributed by atoms with van der Waals surface area (Å²) in [4.78, 5) is 23.5. The van der Waals surface area contributed by atoms with Crippen molar-refractivity contribution >= 4 is 12.1 Å². The van der Waals surface area contributed by atoms with Crippen molar-refractivity contribution < 1.29 is 19.1 Å². The van der Waals surface area contributed by atoms with Crippen molar-refractivity contribution in [2.75, 3.05) is 20.8 Å². The topological polar surface area (TPSA) is 55.8 Å². The molecule has 72 valence electrons. The fourth-order valence-corrected chi connectivity index (χ4v) is 1.15. The van der Waals surface area contributed by atoms with Crippen molar-refractivity contribution in [3.63, 3.8) is 0 Å². The van der Waals surface area contributed by atoms with E-state index in [1.165, 1.54) is 19.1 Å². The Labute approximate surface area is 75.9 Å². The van der Waals surface area contributed by atoms with Gasteiger partial charge in [-0.15, -0.1) is 0 Å². The van der Waals surface area contributed by atoms with Crippen molar-refractivity contribution in [2.24, 2.45) is 0 Å². The minimum absolute atomic E-state index is 0.381. The predicted octanol–water partition coefficient (Wildman–Crippen LogP) is 0.166. The molecule has 0 aromatic carbocycles. The monoisotopic (exact) mass is 185 g/mol. The van der Waals surface area contributed by atoms with Crippen molar-refractivity contribution in [1.29, 1.82) is 0 Å². The second kappa shape index (κ2) is 3.93. The number of ether oxygens (including phenoxy) is 2. The Hall–Kier alpha value is -1.52. The molecule has 0 bridgehead atoms. The maximum absolute atomic E-state index is 11.1. The molecule has 0 spiro atoms. The van der Waals surface area contributed by atoms with Gasteiger partial charge in [-0.25, -0.2) is 9.59 Å². The minimum Gasteiger partial charge on any atom is -0.467 e. The molecule has 0 fully saturated rings. The zero-order valence-electron chi connectivity index (χ0n) is 7.52. The number of carbonyl (C=O) groups excluding carboxylic acids is 2. The van der Waals surface area contributed by atoms with Crippen molar-refractivity contribution in [2.45, 2.75) is 6.04 Å². The first kappa shape index (κ1) is 9.57. The van der Waals surface area contributed by atoms with Crippen molar-refractivity contribution in [1.82, 2.24) is 4.90 Å². The van der Waals surface area contributed by atoms with Crippen LogP contribution in [0.4, 0.5) is 4.79 Å². The first-order chi connectivity index (χ1) is 6.20. The Kier molecular flexibility index (Phi) is 2.89. The van der Waals surface area contributed by atoms with E-state index < -0.39 is 18.1 Å². The molecule has 0 saturated carbocycles. The minimum atomic E-state index is -0.641. The predicted molar refractivity (Wildman–Crippen MR) is 44.1 cm³/mol. The molecule has 0 aliphatic carbocycles. The highest BCUT2D eigenvalue weighted by Gasteiger charge is 2.31. The average molecular weight is 185 g/mol. The van der Waals surface area contributed by atoms with Gasteiger partial charge < -0.3 is 9.47 Å². The van der Waals surface area contributed by atoms with Gasteiger partial charge in [0.25, 0.3) is 0 Å². The summed E-state index contributed by atoms with van der Waals surface area (Å²) < 4.78 is 9.02. The van der Waals surface area contributed by atoms with Crippen LogP contribution in [-0.4, -0.2) is 43.8 Å². The maximum atomic E-state index is 11.1. The first-order valence-electron chi connectivity index (χ1n) is 3.79. The number of amides is 1. The molecule has 0 saturated heterocycles. The second-order valence-electron chi connectivity index (χ2n) is 2.52. The Balaban J connectivity index is 2.67. The molecule has 1 heterocycles. The third kappa shape index (κ3) is 1.80. The third-order valence-corrected chi connectivity index (χ3v) is 1.81. The number of methoxy groups -OCH3 is 2. The van der Waals surface area contributed by atoms with Crippen LogP contribution in [0.15, 0.2) is 12.2 Å². The van der Waals surface area contributed by atoms with Gasteiger partial charge in [-0.1, -0.05) is 12.2 Å². The molecule has 1 aliphatic heterocycles. The van der Waals surface area contributed by atoms with Crippen LogP contribution in [0.5, 0.6) is 0 Å². The van der Waals surface area contributed by atoms with E-state index in [9.17, 15) is 9.59 Å². The lowest BCUT2D eigenvalue weighted by Crippen LogP contribution is -2.41. The summed E-state index contributed by atoms with van der Waals surface area (Å²) in [6, 6.07) is -0.641. The van der Waals surface area contributed by atoms with Crippen LogP contribution in [0, 0.1) is 0 Å². The molecule has 1 rings (SSSR count). The van der Waals surface area contributed by atoms with E-state index in [4.69, 9.17) is 0 Å². The number of hydrogen-bond donors (Lipinski definition) is 0. The first-order valence-corrected chi connectivity index (χ1v) is 3.79. The highest BCUT2D eigenvalue weighted by Crippen LogP contribution is 2.11. The number of esters is 1. The molecular formula is C8H11NO4. The van der Waals surface area contributed by atoms with Gasteiger partial charge in [0.15, 0.2) is 6.04 Å². The van der Waals surface area contributed by atoms with Gasteiger partial charge in [-0.05, 0) is 0 Å². The van der Waals surface area contributed by atoms with Crippen LogP contribution in [0.25, 0.3) is 0 Å². The van der Waals surface area contributed by atoms with Gasteiger partial charge in [0.1, 0.15) is 0 Å². The second-order valence-corrected chi connectivity index (χ2v) is 2.52. The lowest BCUT2D eigenvalue weighted by Gasteiger charge is -2.20. The van der Waals surface area contributed by atoms with Crippen LogP contribution in [-0.2, 0) is 14.3 Å². The van der Waals surface area contributed by atoms with Crippen LogP contribution < -0.4 is 0 Å². The normalized spacial score (nSPS) is 20.2. The van der Waals surface area contributed by atoms with Gasteiger partial charge >= 0.3 is 12.1 Å². The van der Waals surface area contributed by atoms with E-state index in [-0.39, 0.29) is 0 Å². The summed E-state index contributed by atoms with van der Waals surface area (Å²) in [6.07, 6.45) is 2.81. The molecule has 5 heteroatoms. The van der Waals surface area contributed by atoms with Gasteiger partial charge in [0.2, 0.25) is 0 Å². The zero-order chi connectivity index (χ0) is 9.84. The fraction of sp³-hybridized carbons (Fsp3) is 0.500. The highest BCUT2D eigenvalue weighted by molar-refractivity contribution is 5.84. The third-order valence-electron chi connectivity index (χ3n) is 1.81. The van der Waals surface area contributed by atoms with E-state index in [0.717, 1.165) is 0 Å². The molecule has 5 nitrogen and oxygen atoms in total. The molecule has 0 unspecified atom stereocenters. The molecule has 1 amide bonds. The van der Waals surface area contributed by atoms with Crippen molar-refractivity contribution in [3.05, 3.63) is 12.2 Å². The van der Waals surface area contributed by atoms with E-state index in [1.807, 2.05) is 0 Å². The smallest absolute Gasteiger partial charge is 0.410 e. The SMILES string of the molecule is COC(=O)[C@@H]1C=CCN1C(=O)OC. The van der Waals surface area contributed by atoms with Gasteiger partial charge in [0.05, 0.1) is 14.2 Å². The molecule has 1 aliphatic rings. The molecule has 0 radical (unpaired) electrons. The summed E-state index contributed by atoms with van der Waals surface area (Å²) in [7, 11) is 2.55. The maximum Gasteiger partial charge on any atom is 0.410 e. The Bertz CT molecular complexity index is 249. The summed E-state index contributed by atoms with van der Waals surface area (Å²) in [5.74, 6) is -0.459. The molecular weight excluding hydrogens is 174 g/mol. The van der Waals surface area contributed by atoms with Crippen LogP contribution in [0.2, 0.25) is 0 Å². The molecule has 13 heavy (non-hydrogen) atoms. The van der Waals surface area contributed by atoms with Gasteiger partial charge in [-0.3, -0.25) is 4.90 Å². The zero-order valence-corrected chi connectivity index (χ0v) is 7.52. The van der Waals surface area contributed by atoms with Crippen LogP contribution in [0.3, 0.4) is 0 Å². The number of nitrogens with zero attached hydrogens (tertiary/aromatic N) is 1. The van der Waals surface area contributed by atoms with E-state index >= 15 is 0 Å². The summed E-state index contributed by atoms with van der Waals surface area (Å²) in [6.45, 7) is 0.381. The molecule has 0 aromatic rings. The Morgan fingerprint density at radius 3 is 2.62 bits per heavy atom. The van der Waals surface area contributed by atoms with Gasteiger partial charge in [-0.2, -0.15) is 0 Å². The quantitative estimate of drug-likeness (QED) is 0.431. The molecule has 0 N–H and O–H groups in total. The largest absolute Gasteiger partial charge is 0.467 e. The fourth-order valence-electron chi connectivity index (χ4n) is 1.15.